The first-order valence-corrected chi connectivity index (χ1v) is 19.5. The maximum absolute atomic E-state index is 13.4. The predicted octanol–water partition coefficient (Wildman–Crippen LogP) is 5.61. The van der Waals surface area contributed by atoms with E-state index in [0.29, 0.717) is 42.1 Å². The van der Waals surface area contributed by atoms with Crippen molar-refractivity contribution in [2.45, 2.75) is 64.1 Å². The molecule has 0 aromatic heterocycles. The van der Waals surface area contributed by atoms with Crippen LogP contribution in [0, 0.1) is 5.92 Å². The molecule has 5 rings (SSSR count). The lowest BCUT2D eigenvalue weighted by Gasteiger charge is -2.31. The van der Waals surface area contributed by atoms with Crippen LogP contribution in [0.2, 0.25) is 5.02 Å². The number of carboxylic acid groups (broad SMARTS) is 1. The third kappa shape index (κ3) is 12.9. The van der Waals surface area contributed by atoms with Gasteiger partial charge in [-0.25, -0.2) is 9.59 Å². The van der Waals surface area contributed by atoms with Gasteiger partial charge in [0.05, 0.1) is 12.0 Å². The maximum atomic E-state index is 13.4. The monoisotopic (exact) mass is 810 g/mol. The fraction of sp³-hybridized carbons (Fsp3) is 0.318. The van der Waals surface area contributed by atoms with E-state index in [0.717, 1.165) is 5.56 Å². The highest BCUT2D eigenvalue weighted by Gasteiger charge is 2.29. The third-order valence-corrected chi connectivity index (χ3v) is 9.72. The summed E-state index contributed by atoms with van der Waals surface area (Å²) in [5.74, 6) is -2.51. The molecule has 1 heterocycles. The largest absolute Gasteiger partial charge is 0.483 e. The Morgan fingerprint density at radius 3 is 2.07 bits per heavy atom. The number of hydrogen-bond donors (Lipinski definition) is 4. The Labute approximate surface area is 342 Å². The van der Waals surface area contributed by atoms with E-state index in [2.05, 4.69) is 16.0 Å². The number of amides is 4. The molecule has 2 atom stereocenters. The van der Waals surface area contributed by atoms with Crippen molar-refractivity contribution in [2.24, 2.45) is 5.92 Å². The molecule has 14 heteroatoms. The first-order chi connectivity index (χ1) is 27.8. The minimum atomic E-state index is -1.33. The van der Waals surface area contributed by atoms with Crippen LogP contribution >= 0.6 is 11.6 Å². The van der Waals surface area contributed by atoms with Crippen molar-refractivity contribution in [3.05, 3.63) is 130 Å². The molecule has 0 saturated carbocycles. The van der Waals surface area contributed by atoms with Crippen molar-refractivity contribution in [1.29, 1.82) is 0 Å². The highest BCUT2D eigenvalue weighted by Crippen LogP contribution is 2.22. The highest BCUT2D eigenvalue weighted by atomic mass is 35.5. The van der Waals surface area contributed by atoms with Crippen molar-refractivity contribution >= 4 is 47.2 Å². The molecule has 0 bridgehead atoms. The molecule has 304 valence electrons. The van der Waals surface area contributed by atoms with E-state index < -0.39 is 42.6 Å². The van der Waals surface area contributed by atoms with E-state index in [4.69, 9.17) is 21.1 Å². The number of rotatable bonds is 17. The number of ether oxygens (including phenoxy) is 2. The van der Waals surface area contributed by atoms with Gasteiger partial charge in [-0.1, -0.05) is 92.2 Å². The quantitative estimate of drug-likeness (QED) is 0.0986. The van der Waals surface area contributed by atoms with Crippen molar-refractivity contribution in [3.63, 3.8) is 0 Å². The van der Waals surface area contributed by atoms with Crippen molar-refractivity contribution in [1.82, 2.24) is 20.9 Å². The number of hydrogen-bond acceptors (Lipinski definition) is 8. The van der Waals surface area contributed by atoms with Crippen molar-refractivity contribution in [2.75, 3.05) is 19.7 Å². The second-order valence-corrected chi connectivity index (χ2v) is 14.9. The van der Waals surface area contributed by atoms with Gasteiger partial charge in [0.2, 0.25) is 11.8 Å². The van der Waals surface area contributed by atoms with Gasteiger partial charge in [0.25, 0.3) is 5.91 Å². The number of aliphatic carboxylic acids is 1. The van der Waals surface area contributed by atoms with Crippen LogP contribution in [0.3, 0.4) is 0 Å². The number of nitrogens with zero attached hydrogens (tertiary/aromatic N) is 1. The van der Waals surface area contributed by atoms with E-state index in [9.17, 15) is 33.9 Å². The Hall–Kier alpha value is -6.21. The average Bonchev–Trinajstić information content (AvgIpc) is 3.21. The minimum Gasteiger partial charge on any atom is -0.483 e. The number of carboxylic acids is 1. The molecule has 4 amide bonds. The number of nitrogens with one attached hydrogen (secondary N) is 3. The summed E-state index contributed by atoms with van der Waals surface area (Å²) in [5.41, 5.74) is 2.15. The Morgan fingerprint density at radius 1 is 0.776 bits per heavy atom. The second kappa shape index (κ2) is 20.8. The predicted molar refractivity (Wildman–Crippen MR) is 217 cm³/mol. The molecule has 13 nitrogen and oxygen atoms in total. The zero-order chi connectivity index (χ0) is 41.6. The van der Waals surface area contributed by atoms with Gasteiger partial charge in [0, 0.05) is 36.1 Å². The number of halogens is 1. The maximum Gasteiger partial charge on any atom is 0.415 e. The lowest BCUT2D eigenvalue weighted by molar-refractivity contribution is -0.142. The highest BCUT2D eigenvalue weighted by molar-refractivity contribution is 6.30. The number of likely N-dealkylation sites (tertiary alicyclic amines) is 1. The molecular formula is C44H47ClN4O9. The zero-order valence-electron chi connectivity index (χ0n) is 32.3. The topological polar surface area (TPSA) is 180 Å². The van der Waals surface area contributed by atoms with Crippen LogP contribution in [0.1, 0.15) is 60.2 Å². The van der Waals surface area contributed by atoms with E-state index in [-0.39, 0.29) is 60.0 Å². The van der Waals surface area contributed by atoms with Gasteiger partial charge in [-0.3, -0.25) is 19.2 Å². The fourth-order valence-corrected chi connectivity index (χ4v) is 6.57. The third-order valence-electron chi connectivity index (χ3n) is 9.46. The van der Waals surface area contributed by atoms with E-state index >= 15 is 0 Å². The van der Waals surface area contributed by atoms with Gasteiger partial charge in [0.15, 0.2) is 12.4 Å². The lowest BCUT2D eigenvalue weighted by Crippen LogP contribution is -2.53. The van der Waals surface area contributed by atoms with E-state index in [1.807, 2.05) is 26.0 Å². The van der Waals surface area contributed by atoms with Gasteiger partial charge in [-0.2, -0.15) is 0 Å². The summed E-state index contributed by atoms with van der Waals surface area (Å²) in [4.78, 5) is 78.7. The number of para-hydroxylation sites is 1. The van der Waals surface area contributed by atoms with Crippen LogP contribution in [0.15, 0.2) is 103 Å². The summed E-state index contributed by atoms with van der Waals surface area (Å²) in [6.07, 6.45) is 0.991. The summed E-state index contributed by atoms with van der Waals surface area (Å²) < 4.78 is 11.3. The van der Waals surface area contributed by atoms with Crippen LogP contribution in [0.25, 0.3) is 0 Å². The first-order valence-electron chi connectivity index (χ1n) is 19.1. The van der Waals surface area contributed by atoms with Gasteiger partial charge in [-0.05, 0) is 72.7 Å². The molecule has 0 spiro atoms. The number of piperidine rings is 1. The Balaban J connectivity index is 1.09. The van der Waals surface area contributed by atoms with Gasteiger partial charge in [0.1, 0.15) is 23.6 Å². The molecule has 1 fully saturated rings. The summed E-state index contributed by atoms with van der Waals surface area (Å²) in [5, 5.41) is 18.8. The van der Waals surface area contributed by atoms with Crippen LogP contribution in [-0.4, -0.2) is 83.4 Å². The second-order valence-electron chi connectivity index (χ2n) is 14.5. The lowest BCUT2D eigenvalue weighted by atomic mass is 10.0. The van der Waals surface area contributed by atoms with E-state index in [1.165, 1.54) is 0 Å². The fourth-order valence-electron chi connectivity index (χ4n) is 6.45. The molecular weight excluding hydrogens is 764 g/mol. The number of carbonyl (C=O) groups is 6. The van der Waals surface area contributed by atoms with Crippen LogP contribution in [0.4, 0.5) is 4.79 Å². The van der Waals surface area contributed by atoms with E-state index in [1.54, 1.807) is 95.9 Å². The molecule has 0 aliphatic carbocycles. The molecule has 58 heavy (non-hydrogen) atoms. The standard InChI is InChI=1S/C44H47ClN4O9/c1-28(2)24-36(47-40(51)27-57-38-11-7-6-10-35(38)41(52)31-8-4-3-5-9-31)42(53)48-37(43(54)55)25-29-14-18-34(19-15-29)58-44(56)49-22-20-33(21-23-49)46-39(50)26-30-12-16-32(45)17-13-30/h3-19,28,33,36-37H,20-27H2,1-2H3,(H,46,50)(H,47,51)(H,48,53)(H,54,55). The van der Waals surface area contributed by atoms with Gasteiger partial charge in [-0.15, -0.1) is 0 Å². The smallest absolute Gasteiger partial charge is 0.415 e. The molecule has 4 N–H and O–H groups in total. The van der Waals surface area contributed by atoms with Crippen LogP contribution in [-0.2, 0) is 32.0 Å². The molecule has 2 unspecified atom stereocenters. The summed E-state index contributed by atoms with van der Waals surface area (Å²) in [7, 11) is 0. The average molecular weight is 811 g/mol. The molecule has 1 saturated heterocycles. The van der Waals surface area contributed by atoms with Crippen molar-refractivity contribution in [3.8, 4) is 11.5 Å². The number of benzene rings is 4. The van der Waals surface area contributed by atoms with Crippen LogP contribution < -0.4 is 25.4 Å². The Morgan fingerprint density at radius 2 is 1.41 bits per heavy atom. The molecule has 1 aliphatic heterocycles. The molecule has 0 radical (unpaired) electrons. The van der Waals surface area contributed by atoms with Crippen LogP contribution in [0.5, 0.6) is 11.5 Å². The normalized spacial score (nSPS) is 13.8. The van der Waals surface area contributed by atoms with Gasteiger partial charge < -0.3 is 35.4 Å². The summed E-state index contributed by atoms with van der Waals surface area (Å²) in [6.45, 7) is 4.05. The van der Waals surface area contributed by atoms with Gasteiger partial charge >= 0.3 is 12.1 Å². The SMILES string of the molecule is CC(C)CC(NC(=O)COc1ccccc1C(=O)c1ccccc1)C(=O)NC(Cc1ccc(OC(=O)N2CCC(NC(=O)Cc3ccc(Cl)cc3)CC2)cc1)C(=O)O. The zero-order valence-corrected chi connectivity index (χ0v) is 33.1. The Bertz CT molecular complexity index is 2050. The molecule has 4 aromatic rings. The van der Waals surface area contributed by atoms with Crippen molar-refractivity contribution < 1.29 is 43.3 Å². The summed E-state index contributed by atoms with van der Waals surface area (Å²) in [6, 6.07) is 26.2. The first kappa shape index (κ1) is 42.9. The summed E-state index contributed by atoms with van der Waals surface area (Å²) >= 11 is 5.92. The molecule has 1 aliphatic rings. The number of carbonyl (C=O) groups excluding carboxylic acids is 5. The molecule has 4 aromatic carbocycles. The minimum absolute atomic E-state index is 0.0299. The Kier molecular flexibility index (Phi) is 15.4. The number of ketones is 1.